The molecule has 0 unspecified atom stereocenters. The Morgan fingerprint density at radius 2 is 1.94 bits per heavy atom. The van der Waals surface area contributed by atoms with Crippen LogP contribution in [0.5, 0.6) is 5.75 Å². The van der Waals surface area contributed by atoms with Gasteiger partial charge in [-0.2, -0.15) is 0 Å². The highest BCUT2D eigenvalue weighted by atomic mass is 79.9. The van der Waals surface area contributed by atoms with Crippen LogP contribution >= 0.6 is 15.9 Å². The number of halogens is 1. The van der Waals surface area contributed by atoms with E-state index in [1.54, 1.807) is 0 Å². The maximum absolute atomic E-state index is 8.64. The van der Waals surface area contributed by atoms with E-state index in [0.29, 0.717) is 6.54 Å². The van der Waals surface area contributed by atoms with Crippen LogP contribution in [0.3, 0.4) is 0 Å². The van der Waals surface area contributed by atoms with Gasteiger partial charge in [-0.3, -0.25) is 0 Å². The third kappa shape index (κ3) is 5.52. The van der Waals surface area contributed by atoms with Gasteiger partial charge in [-0.1, -0.05) is 22.4 Å². The molecule has 0 aliphatic heterocycles. The largest absolute Gasteiger partial charge is 0.494 e. The lowest BCUT2D eigenvalue weighted by molar-refractivity contribution is 0.273. The normalized spacial score (nSPS) is 10.5. The quantitative estimate of drug-likeness (QED) is 0.726. The van der Waals surface area contributed by atoms with Crippen LogP contribution in [0, 0.1) is 0 Å². The highest BCUT2D eigenvalue weighted by molar-refractivity contribution is 9.10. The third-order valence-electron chi connectivity index (χ3n) is 2.56. The molecule has 1 rings (SSSR count). The molecule has 96 valence electrons. The number of rotatable bonds is 8. The lowest BCUT2D eigenvalue weighted by Gasteiger charge is -2.08. The SMILES string of the molecule is NCc1cc(OCCCCCCO)ccc1Br. The predicted molar refractivity (Wildman–Crippen MR) is 73.1 cm³/mol. The minimum atomic E-state index is 0.285. The third-order valence-corrected chi connectivity index (χ3v) is 3.33. The van der Waals surface area contributed by atoms with Crippen LogP contribution in [-0.4, -0.2) is 18.3 Å². The van der Waals surface area contributed by atoms with E-state index in [9.17, 15) is 0 Å². The minimum Gasteiger partial charge on any atom is -0.494 e. The number of unbranched alkanes of at least 4 members (excludes halogenated alkanes) is 3. The van der Waals surface area contributed by atoms with Crippen molar-refractivity contribution in [2.45, 2.75) is 32.2 Å². The molecule has 0 atom stereocenters. The second-order valence-electron chi connectivity index (χ2n) is 3.94. The van der Waals surface area contributed by atoms with Crippen LogP contribution < -0.4 is 10.5 Å². The molecular formula is C13H20BrNO2. The van der Waals surface area contributed by atoms with Crippen LogP contribution in [0.1, 0.15) is 31.2 Å². The van der Waals surface area contributed by atoms with Crippen molar-refractivity contribution in [3.8, 4) is 5.75 Å². The fraction of sp³-hybridized carbons (Fsp3) is 0.538. The highest BCUT2D eigenvalue weighted by Crippen LogP contribution is 2.22. The lowest BCUT2D eigenvalue weighted by atomic mass is 10.2. The number of ether oxygens (including phenoxy) is 1. The molecule has 1 aromatic carbocycles. The van der Waals surface area contributed by atoms with Gasteiger partial charge in [-0.25, -0.2) is 0 Å². The van der Waals surface area contributed by atoms with Crippen LogP contribution in [0.2, 0.25) is 0 Å². The maximum atomic E-state index is 8.64. The molecule has 0 saturated carbocycles. The zero-order valence-electron chi connectivity index (χ0n) is 9.99. The van der Waals surface area contributed by atoms with E-state index in [4.69, 9.17) is 15.6 Å². The van der Waals surface area contributed by atoms with Crippen molar-refractivity contribution >= 4 is 15.9 Å². The molecule has 0 aliphatic carbocycles. The summed E-state index contributed by atoms with van der Waals surface area (Å²) in [6.45, 7) is 1.51. The Hall–Kier alpha value is -0.580. The van der Waals surface area contributed by atoms with Gasteiger partial charge < -0.3 is 15.6 Å². The van der Waals surface area contributed by atoms with E-state index in [1.807, 2.05) is 18.2 Å². The average molecular weight is 302 g/mol. The summed E-state index contributed by atoms with van der Waals surface area (Å²) in [7, 11) is 0. The van der Waals surface area contributed by atoms with Gasteiger partial charge >= 0.3 is 0 Å². The molecule has 4 heteroatoms. The summed E-state index contributed by atoms with van der Waals surface area (Å²) < 4.78 is 6.67. The fourth-order valence-corrected chi connectivity index (χ4v) is 1.96. The smallest absolute Gasteiger partial charge is 0.119 e. The fourth-order valence-electron chi connectivity index (χ4n) is 1.55. The molecule has 0 aromatic heterocycles. The Bertz CT molecular complexity index is 331. The monoisotopic (exact) mass is 301 g/mol. The molecule has 0 fully saturated rings. The van der Waals surface area contributed by atoms with Gasteiger partial charge in [-0.15, -0.1) is 0 Å². The first-order valence-electron chi connectivity index (χ1n) is 6.00. The summed E-state index contributed by atoms with van der Waals surface area (Å²) in [6, 6.07) is 5.87. The number of benzene rings is 1. The first-order valence-corrected chi connectivity index (χ1v) is 6.79. The Balaban J connectivity index is 2.27. The van der Waals surface area contributed by atoms with E-state index in [1.165, 1.54) is 0 Å². The van der Waals surface area contributed by atoms with Crippen LogP contribution in [0.4, 0.5) is 0 Å². The average Bonchev–Trinajstić information content (AvgIpc) is 2.35. The van der Waals surface area contributed by atoms with Crippen molar-refractivity contribution in [2.75, 3.05) is 13.2 Å². The van der Waals surface area contributed by atoms with Gasteiger partial charge in [0.25, 0.3) is 0 Å². The molecule has 0 aliphatic rings. The summed E-state index contributed by atoms with van der Waals surface area (Å²) in [4.78, 5) is 0. The topological polar surface area (TPSA) is 55.5 Å². The van der Waals surface area contributed by atoms with Crippen LogP contribution in [0.25, 0.3) is 0 Å². The lowest BCUT2D eigenvalue weighted by Crippen LogP contribution is -2.01. The van der Waals surface area contributed by atoms with Gasteiger partial charge in [0.1, 0.15) is 5.75 Å². The Labute approximate surface area is 111 Å². The van der Waals surface area contributed by atoms with Gasteiger partial charge in [0.2, 0.25) is 0 Å². The summed E-state index contributed by atoms with van der Waals surface area (Å²) in [5, 5.41) is 8.64. The molecule has 0 amide bonds. The molecular weight excluding hydrogens is 282 g/mol. The van der Waals surface area contributed by atoms with Crippen molar-refractivity contribution in [3.63, 3.8) is 0 Å². The number of aliphatic hydroxyl groups excluding tert-OH is 1. The molecule has 0 heterocycles. The van der Waals surface area contributed by atoms with E-state index < -0.39 is 0 Å². The van der Waals surface area contributed by atoms with Crippen molar-refractivity contribution < 1.29 is 9.84 Å². The van der Waals surface area contributed by atoms with E-state index in [2.05, 4.69) is 15.9 Å². The zero-order chi connectivity index (χ0) is 12.5. The van der Waals surface area contributed by atoms with Gasteiger partial charge in [-0.05, 0) is 43.0 Å². The van der Waals surface area contributed by atoms with Crippen LogP contribution in [0.15, 0.2) is 22.7 Å². The number of hydrogen-bond acceptors (Lipinski definition) is 3. The highest BCUT2D eigenvalue weighted by Gasteiger charge is 2.00. The number of aliphatic hydroxyl groups is 1. The molecule has 1 aromatic rings. The molecule has 0 saturated heterocycles. The van der Waals surface area contributed by atoms with Gasteiger partial charge in [0.05, 0.1) is 6.61 Å². The molecule has 3 nitrogen and oxygen atoms in total. The first-order chi connectivity index (χ1) is 8.27. The molecule has 0 spiro atoms. The van der Waals surface area contributed by atoms with Crippen LogP contribution in [-0.2, 0) is 6.54 Å². The van der Waals surface area contributed by atoms with Crippen molar-refractivity contribution in [1.29, 1.82) is 0 Å². The zero-order valence-corrected chi connectivity index (χ0v) is 11.6. The Kier molecular flexibility index (Phi) is 7.24. The van der Waals surface area contributed by atoms with E-state index in [-0.39, 0.29) is 6.61 Å². The summed E-state index contributed by atoms with van der Waals surface area (Å²) in [6.07, 6.45) is 4.07. The van der Waals surface area contributed by atoms with E-state index in [0.717, 1.165) is 48.1 Å². The first kappa shape index (κ1) is 14.5. The summed E-state index contributed by atoms with van der Waals surface area (Å²) in [5.41, 5.74) is 6.68. The van der Waals surface area contributed by atoms with Gasteiger partial charge in [0.15, 0.2) is 0 Å². The summed E-state index contributed by atoms with van der Waals surface area (Å²) >= 11 is 3.44. The van der Waals surface area contributed by atoms with Gasteiger partial charge in [0, 0.05) is 17.6 Å². The summed E-state index contributed by atoms with van der Waals surface area (Å²) in [5.74, 6) is 0.871. The van der Waals surface area contributed by atoms with Crippen molar-refractivity contribution in [3.05, 3.63) is 28.2 Å². The number of hydrogen-bond donors (Lipinski definition) is 2. The molecule has 17 heavy (non-hydrogen) atoms. The Morgan fingerprint density at radius 1 is 1.18 bits per heavy atom. The van der Waals surface area contributed by atoms with Crippen molar-refractivity contribution in [2.24, 2.45) is 5.73 Å². The minimum absolute atomic E-state index is 0.285. The molecule has 3 N–H and O–H groups in total. The maximum Gasteiger partial charge on any atom is 0.119 e. The molecule has 0 bridgehead atoms. The number of nitrogens with two attached hydrogens (primary N) is 1. The predicted octanol–water partition coefficient (Wildman–Crippen LogP) is 2.84. The molecule has 0 radical (unpaired) electrons. The second-order valence-corrected chi connectivity index (χ2v) is 4.80. The standard InChI is InChI=1S/C13H20BrNO2/c14-13-6-5-12(9-11(13)10-15)17-8-4-2-1-3-7-16/h5-6,9,16H,1-4,7-8,10,15H2. The second kappa shape index (κ2) is 8.50. The van der Waals surface area contributed by atoms with E-state index >= 15 is 0 Å². The van der Waals surface area contributed by atoms with Crippen molar-refractivity contribution in [1.82, 2.24) is 0 Å². The Morgan fingerprint density at radius 3 is 2.65 bits per heavy atom.